The van der Waals surface area contributed by atoms with Crippen LogP contribution in [0.2, 0.25) is 0 Å². The van der Waals surface area contributed by atoms with Gasteiger partial charge in [-0.2, -0.15) is 4.31 Å². The standard InChI is InChI=1S/C12H17FN2O4S/c1-15(9-12(16)4-7-19-8-5-12)20(17,18)11-10(13)3-2-6-14-11/h2-3,6,16H,4-5,7-9H2,1H3. The van der Waals surface area contributed by atoms with Crippen LogP contribution < -0.4 is 0 Å². The second-order valence-electron chi connectivity index (χ2n) is 4.89. The summed E-state index contributed by atoms with van der Waals surface area (Å²) in [5.74, 6) is -0.904. The number of aromatic nitrogens is 1. The summed E-state index contributed by atoms with van der Waals surface area (Å²) in [5.41, 5.74) is -1.15. The highest BCUT2D eigenvalue weighted by Crippen LogP contribution is 2.24. The van der Waals surface area contributed by atoms with E-state index in [0.29, 0.717) is 26.1 Å². The molecular weight excluding hydrogens is 287 g/mol. The maximum Gasteiger partial charge on any atom is 0.263 e. The molecule has 1 saturated heterocycles. The smallest absolute Gasteiger partial charge is 0.263 e. The van der Waals surface area contributed by atoms with Gasteiger partial charge in [0, 0.05) is 45.8 Å². The molecule has 0 saturated carbocycles. The third-order valence-corrected chi connectivity index (χ3v) is 5.06. The van der Waals surface area contributed by atoms with Crippen molar-refractivity contribution < 1.29 is 22.7 Å². The van der Waals surface area contributed by atoms with Gasteiger partial charge in [0.2, 0.25) is 5.03 Å². The average molecular weight is 304 g/mol. The van der Waals surface area contributed by atoms with Crippen molar-refractivity contribution in [2.24, 2.45) is 0 Å². The van der Waals surface area contributed by atoms with Crippen molar-refractivity contribution in [2.45, 2.75) is 23.5 Å². The van der Waals surface area contributed by atoms with Crippen molar-refractivity contribution in [3.8, 4) is 0 Å². The van der Waals surface area contributed by atoms with E-state index >= 15 is 0 Å². The van der Waals surface area contributed by atoms with Gasteiger partial charge in [-0.25, -0.2) is 17.8 Å². The van der Waals surface area contributed by atoms with Crippen molar-refractivity contribution in [3.63, 3.8) is 0 Å². The minimum atomic E-state index is -4.06. The fourth-order valence-electron chi connectivity index (χ4n) is 2.12. The van der Waals surface area contributed by atoms with E-state index in [2.05, 4.69) is 4.98 Å². The van der Waals surface area contributed by atoms with E-state index in [1.54, 1.807) is 0 Å². The van der Waals surface area contributed by atoms with Gasteiger partial charge in [-0.15, -0.1) is 0 Å². The predicted molar refractivity (Wildman–Crippen MR) is 69.0 cm³/mol. The lowest BCUT2D eigenvalue weighted by Crippen LogP contribution is -2.47. The van der Waals surface area contributed by atoms with E-state index in [4.69, 9.17) is 4.74 Å². The van der Waals surface area contributed by atoms with Gasteiger partial charge >= 0.3 is 0 Å². The maximum absolute atomic E-state index is 13.6. The number of hydrogen-bond acceptors (Lipinski definition) is 5. The van der Waals surface area contributed by atoms with Crippen LogP contribution in [-0.4, -0.2) is 55.2 Å². The van der Waals surface area contributed by atoms with Gasteiger partial charge < -0.3 is 9.84 Å². The summed E-state index contributed by atoms with van der Waals surface area (Å²) in [6.07, 6.45) is 1.90. The van der Waals surface area contributed by atoms with Crippen LogP contribution in [0.4, 0.5) is 4.39 Å². The summed E-state index contributed by atoms with van der Waals surface area (Å²) >= 11 is 0. The van der Waals surface area contributed by atoms with E-state index in [-0.39, 0.29) is 6.54 Å². The Hall–Kier alpha value is -1.09. The van der Waals surface area contributed by atoms with Crippen LogP contribution in [0.5, 0.6) is 0 Å². The monoisotopic (exact) mass is 304 g/mol. The molecule has 2 heterocycles. The SMILES string of the molecule is CN(CC1(O)CCOCC1)S(=O)(=O)c1ncccc1F. The van der Waals surface area contributed by atoms with Crippen LogP contribution in [0.1, 0.15) is 12.8 Å². The molecule has 2 rings (SSSR count). The molecule has 0 radical (unpaired) electrons. The minimum absolute atomic E-state index is 0.116. The van der Waals surface area contributed by atoms with Gasteiger partial charge in [-0.1, -0.05) is 0 Å². The lowest BCUT2D eigenvalue weighted by molar-refractivity contribution is -0.0689. The number of likely N-dealkylation sites (N-methyl/N-ethyl adjacent to an activating group) is 1. The van der Waals surface area contributed by atoms with Gasteiger partial charge in [-0.3, -0.25) is 0 Å². The topological polar surface area (TPSA) is 79.7 Å². The first kappa shape index (κ1) is 15.3. The van der Waals surface area contributed by atoms with Crippen molar-refractivity contribution in [1.29, 1.82) is 0 Å². The largest absolute Gasteiger partial charge is 0.388 e. The number of pyridine rings is 1. The van der Waals surface area contributed by atoms with Gasteiger partial charge in [0.25, 0.3) is 10.0 Å². The molecule has 1 aliphatic heterocycles. The van der Waals surface area contributed by atoms with Crippen LogP contribution in [0.3, 0.4) is 0 Å². The highest BCUT2D eigenvalue weighted by molar-refractivity contribution is 7.89. The number of aliphatic hydroxyl groups is 1. The van der Waals surface area contributed by atoms with Gasteiger partial charge in [0.1, 0.15) is 0 Å². The first-order chi connectivity index (χ1) is 9.35. The Kier molecular flexibility index (Phi) is 4.38. The van der Waals surface area contributed by atoms with Crippen LogP contribution in [0, 0.1) is 5.82 Å². The van der Waals surface area contributed by atoms with Crippen molar-refractivity contribution in [3.05, 3.63) is 24.1 Å². The minimum Gasteiger partial charge on any atom is -0.388 e. The summed E-state index contributed by atoms with van der Waals surface area (Å²) in [6.45, 7) is 0.638. The van der Waals surface area contributed by atoms with Crippen molar-refractivity contribution in [2.75, 3.05) is 26.8 Å². The lowest BCUT2D eigenvalue weighted by Gasteiger charge is -2.34. The second-order valence-corrected chi connectivity index (χ2v) is 6.85. The number of halogens is 1. The van der Waals surface area contributed by atoms with E-state index < -0.39 is 26.5 Å². The fraction of sp³-hybridized carbons (Fsp3) is 0.583. The predicted octanol–water partition coefficient (Wildman–Crippen LogP) is 0.383. The Bertz CT molecular complexity index is 573. The summed E-state index contributed by atoms with van der Waals surface area (Å²) in [7, 11) is -2.76. The third kappa shape index (κ3) is 3.14. The molecule has 1 N–H and O–H groups in total. The fourth-order valence-corrected chi connectivity index (χ4v) is 3.33. The Morgan fingerprint density at radius 3 is 2.75 bits per heavy atom. The highest BCUT2D eigenvalue weighted by atomic mass is 32.2. The summed E-state index contributed by atoms with van der Waals surface area (Å²) in [5, 5.41) is 9.69. The van der Waals surface area contributed by atoms with Gasteiger partial charge in [0.15, 0.2) is 5.82 Å². The van der Waals surface area contributed by atoms with Crippen LogP contribution in [0.25, 0.3) is 0 Å². The molecule has 1 aromatic heterocycles. The van der Waals surface area contributed by atoms with E-state index in [1.807, 2.05) is 0 Å². The Morgan fingerprint density at radius 1 is 1.50 bits per heavy atom. The van der Waals surface area contributed by atoms with Crippen molar-refractivity contribution >= 4 is 10.0 Å². The Balaban J connectivity index is 2.19. The molecule has 8 heteroatoms. The molecule has 0 aromatic carbocycles. The van der Waals surface area contributed by atoms with E-state index in [1.165, 1.54) is 19.3 Å². The van der Waals surface area contributed by atoms with Crippen molar-refractivity contribution in [1.82, 2.24) is 9.29 Å². The molecule has 0 atom stereocenters. The van der Waals surface area contributed by atoms with E-state index in [0.717, 1.165) is 10.4 Å². The quantitative estimate of drug-likeness (QED) is 0.870. The molecule has 0 unspecified atom stereocenters. The summed E-state index contributed by atoms with van der Waals surface area (Å²) < 4.78 is 44.1. The molecule has 1 aromatic rings. The number of nitrogens with zero attached hydrogens (tertiary/aromatic N) is 2. The number of hydrogen-bond donors (Lipinski definition) is 1. The Labute approximate surface area is 117 Å². The zero-order valence-corrected chi connectivity index (χ0v) is 11.9. The molecule has 6 nitrogen and oxygen atoms in total. The molecule has 20 heavy (non-hydrogen) atoms. The Morgan fingerprint density at radius 2 is 2.15 bits per heavy atom. The molecule has 0 amide bonds. The number of sulfonamides is 1. The molecule has 1 aliphatic rings. The summed E-state index contributed by atoms with van der Waals surface area (Å²) in [4.78, 5) is 3.58. The first-order valence-electron chi connectivity index (χ1n) is 6.22. The molecule has 0 spiro atoms. The molecule has 0 aliphatic carbocycles. The molecule has 0 bridgehead atoms. The number of rotatable bonds is 4. The van der Waals surface area contributed by atoms with Crippen LogP contribution in [-0.2, 0) is 14.8 Å². The zero-order valence-electron chi connectivity index (χ0n) is 11.1. The molecule has 112 valence electrons. The van der Waals surface area contributed by atoms with Gasteiger partial charge in [-0.05, 0) is 12.1 Å². The lowest BCUT2D eigenvalue weighted by atomic mass is 9.95. The average Bonchev–Trinajstić information content (AvgIpc) is 2.39. The molecular formula is C12H17FN2O4S. The normalized spacial score (nSPS) is 19.2. The number of ether oxygens (including phenoxy) is 1. The highest BCUT2D eigenvalue weighted by Gasteiger charge is 2.36. The second kappa shape index (κ2) is 5.72. The van der Waals surface area contributed by atoms with Crippen LogP contribution in [0.15, 0.2) is 23.4 Å². The first-order valence-corrected chi connectivity index (χ1v) is 7.66. The van der Waals surface area contributed by atoms with E-state index in [9.17, 15) is 17.9 Å². The van der Waals surface area contributed by atoms with Crippen LogP contribution >= 0.6 is 0 Å². The third-order valence-electron chi connectivity index (χ3n) is 3.32. The molecule has 1 fully saturated rings. The summed E-state index contributed by atoms with van der Waals surface area (Å²) in [6, 6.07) is 2.36. The maximum atomic E-state index is 13.6. The van der Waals surface area contributed by atoms with Gasteiger partial charge in [0.05, 0.1) is 5.60 Å². The zero-order chi connectivity index (χ0) is 14.8.